The summed E-state index contributed by atoms with van der Waals surface area (Å²) in [5.74, 6) is -0.288. The molecule has 3 aromatic carbocycles. The fourth-order valence-corrected chi connectivity index (χ4v) is 4.14. The van der Waals surface area contributed by atoms with Crippen molar-refractivity contribution in [2.45, 2.75) is 27.7 Å². The van der Waals surface area contributed by atoms with Crippen molar-refractivity contribution in [1.82, 2.24) is 9.97 Å². The first kappa shape index (κ1) is 27.7. The smallest absolute Gasteiger partial charge is 0.274 e. The minimum absolute atomic E-state index is 0.0300. The highest BCUT2D eigenvalue weighted by Crippen LogP contribution is 2.26. The molecule has 0 saturated heterocycles. The van der Waals surface area contributed by atoms with Crippen LogP contribution in [0.1, 0.15) is 43.0 Å². The van der Waals surface area contributed by atoms with Crippen molar-refractivity contribution in [2.24, 2.45) is 0 Å². The van der Waals surface area contributed by atoms with Crippen molar-refractivity contribution in [3.05, 3.63) is 104 Å². The molecule has 4 aromatic rings. The first-order valence-electron chi connectivity index (χ1n) is 12.4. The summed E-state index contributed by atoms with van der Waals surface area (Å²) < 4.78 is 0. The maximum absolute atomic E-state index is 13.2. The number of aryl methyl sites for hydroxylation is 4. The molecule has 0 fully saturated rings. The zero-order valence-corrected chi connectivity index (χ0v) is 22.7. The molecule has 0 saturated carbocycles. The first-order valence-corrected chi connectivity index (χ1v) is 12.4. The molecular weight excluding hydrogens is 510 g/mol. The van der Waals surface area contributed by atoms with E-state index in [1.807, 2.05) is 39.0 Å². The summed E-state index contributed by atoms with van der Waals surface area (Å²) in [7, 11) is 1.62. The Bertz CT molecular complexity index is 1610. The highest BCUT2D eigenvalue weighted by atomic mass is 16.6. The van der Waals surface area contributed by atoms with Gasteiger partial charge in [-0.3, -0.25) is 19.7 Å². The van der Waals surface area contributed by atoms with Crippen LogP contribution in [0.3, 0.4) is 0 Å². The Labute approximate surface area is 231 Å². The molecule has 4 rings (SSSR count). The van der Waals surface area contributed by atoms with Crippen LogP contribution in [0.25, 0.3) is 0 Å². The van der Waals surface area contributed by atoms with Crippen LogP contribution >= 0.6 is 0 Å². The Kier molecular flexibility index (Phi) is 8.04. The van der Waals surface area contributed by atoms with Crippen LogP contribution in [0.15, 0.2) is 60.8 Å². The van der Waals surface area contributed by atoms with Crippen molar-refractivity contribution in [2.75, 3.05) is 28.3 Å². The Morgan fingerprint density at radius 1 is 0.825 bits per heavy atom. The molecule has 0 radical (unpaired) electrons. The van der Waals surface area contributed by atoms with Crippen LogP contribution in [0.5, 0.6) is 0 Å². The number of amides is 2. The number of hydrogen-bond donors (Lipinski definition) is 4. The lowest BCUT2D eigenvalue weighted by molar-refractivity contribution is -0.385. The standard InChI is InChI=1S/C29H29N7O4/c1-16-10-17(2)12-20(11-16)27(37)32-21-8-6-18(3)24(13-21)34-28(38)23-15-31-29(35-26(23)30-5)33-22-9-7-19(4)25(14-22)36(39)40/h6-15H,1-5H3,(H,32,37)(H,34,38)(H2,30,31,33,35). The Hall–Kier alpha value is -5.32. The van der Waals surface area contributed by atoms with Gasteiger partial charge in [-0.1, -0.05) is 29.3 Å². The van der Waals surface area contributed by atoms with E-state index < -0.39 is 10.8 Å². The second-order valence-corrected chi connectivity index (χ2v) is 9.40. The number of nitro benzene ring substituents is 1. The zero-order chi connectivity index (χ0) is 29.0. The van der Waals surface area contributed by atoms with Crippen LogP contribution in [0.4, 0.5) is 34.5 Å². The van der Waals surface area contributed by atoms with E-state index in [4.69, 9.17) is 0 Å². The molecule has 4 N–H and O–H groups in total. The lowest BCUT2D eigenvalue weighted by Gasteiger charge is -2.14. The van der Waals surface area contributed by atoms with Gasteiger partial charge in [0.05, 0.1) is 4.92 Å². The van der Waals surface area contributed by atoms with E-state index in [9.17, 15) is 19.7 Å². The predicted molar refractivity (Wildman–Crippen MR) is 156 cm³/mol. The second-order valence-electron chi connectivity index (χ2n) is 9.40. The van der Waals surface area contributed by atoms with Gasteiger partial charge in [0.2, 0.25) is 5.95 Å². The summed E-state index contributed by atoms with van der Waals surface area (Å²) in [6.07, 6.45) is 1.36. The molecule has 11 heteroatoms. The summed E-state index contributed by atoms with van der Waals surface area (Å²) in [6.45, 7) is 7.36. The van der Waals surface area contributed by atoms with Gasteiger partial charge in [0.15, 0.2) is 0 Å². The van der Waals surface area contributed by atoms with E-state index in [2.05, 4.69) is 31.2 Å². The van der Waals surface area contributed by atoms with Crippen molar-refractivity contribution >= 4 is 46.3 Å². The lowest BCUT2D eigenvalue weighted by atomic mass is 10.1. The number of carbonyl (C=O) groups excluding carboxylic acids is 2. The molecule has 0 aliphatic rings. The normalized spacial score (nSPS) is 10.5. The van der Waals surface area contributed by atoms with Crippen LogP contribution in [0, 0.1) is 37.8 Å². The minimum Gasteiger partial charge on any atom is -0.372 e. The van der Waals surface area contributed by atoms with Crippen LogP contribution in [-0.2, 0) is 0 Å². The molecule has 1 aromatic heterocycles. The monoisotopic (exact) mass is 539 g/mol. The van der Waals surface area contributed by atoms with Crippen LogP contribution in [0.2, 0.25) is 0 Å². The number of hydrogen-bond acceptors (Lipinski definition) is 8. The summed E-state index contributed by atoms with van der Waals surface area (Å²) in [5.41, 5.74) is 5.50. The van der Waals surface area contributed by atoms with Crippen molar-refractivity contribution in [1.29, 1.82) is 0 Å². The van der Waals surface area contributed by atoms with Gasteiger partial charge >= 0.3 is 0 Å². The summed E-state index contributed by atoms with van der Waals surface area (Å²) >= 11 is 0. The topological polar surface area (TPSA) is 151 Å². The van der Waals surface area contributed by atoms with Crippen LogP contribution < -0.4 is 21.3 Å². The molecule has 1 heterocycles. The summed E-state index contributed by atoms with van der Waals surface area (Å²) in [5, 5.41) is 22.8. The van der Waals surface area contributed by atoms with Crippen LogP contribution in [-0.4, -0.2) is 33.8 Å². The summed E-state index contributed by atoms with van der Waals surface area (Å²) in [4.78, 5) is 45.4. The van der Waals surface area contributed by atoms with E-state index in [-0.39, 0.29) is 28.9 Å². The predicted octanol–water partition coefficient (Wildman–Crippen LogP) is 5.91. The van der Waals surface area contributed by atoms with Gasteiger partial charge in [-0.2, -0.15) is 4.98 Å². The van der Waals surface area contributed by atoms with Gasteiger partial charge in [-0.05, 0) is 63.6 Å². The molecule has 11 nitrogen and oxygen atoms in total. The third-order valence-corrected chi connectivity index (χ3v) is 6.16. The van der Waals surface area contributed by atoms with Gasteiger partial charge in [0, 0.05) is 47.5 Å². The number of anilines is 5. The number of aromatic nitrogens is 2. The van der Waals surface area contributed by atoms with Crippen molar-refractivity contribution < 1.29 is 14.5 Å². The second kappa shape index (κ2) is 11.6. The fraction of sp³-hybridized carbons (Fsp3) is 0.172. The Balaban J connectivity index is 1.51. The maximum Gasteiger partial charge on any atom is 0.274 e. The van der Waals surface area contributed by atoms with E-state index in [0.717, 1.165) is 16.7 Å². The minimum atomic E-state index is -0.459. The number of nitrogens with one attached hydrogen (secondary N) is 4. The lowest BCUT2D eigenvalue weighted by Crippen LogP contribution is -2.17. The van der Waals surface area contributed by atoms with E-state index in [1.165, 1.54) is 12.3 Å². The SMILES string of the molecule is CNc1nc(Nc2ccc(C)c([N+](=O)[O-])c2)ncc1C(=O)Nc1cc(NC(=O)c2cc(C)cc(C)c2)ccc1C. The average Bonchev–Trinajstić information content (AvgIpc) is 2.90. The molecule has 0 unspecified atom stereocenters. The number of nitrogens with zero attached hydrogens (tertiary/aromatic N) is 3. The molecule has 204 valence electrons. The third kappa shape index (κ3) is 6.38. The molecule has 0 aliphatic heterocycles. The largest absolute Gasteiger partial charge is 0.372 e. The Morgan fingerprint density at radius 2 is 1.50 bits per heavy atom. The molecule has 0 spiro atoms. The zero-order valence-electron chi connectivity index (χ0n) is 22.7. The number of carbonyl (C=O) groups is 2. The van der Waals surface area contributed by atoms with Gasteiger partial charge in [-0.15, -0.1) is 0 Å². The number of nitro groups is 1. The van der Waals surface area contributed by atoms with Crippen molar-refractivity contribution in [3.8, 4) is 0 Å². The molecule has 0 aliphatic carbocycles. The molecule has 0 atom stereocenters. The average molecular weight is 540 g/mol. The molecular formula is C29H29N7O4. The van der Waals surface area contributed by atoms with Gasteiger partial charge in [-0.25, -0.2) is 4.98 Å². The van der Waals surface area contributed by atoms with Crippen molar-refractivity contribution in [3.63, 3.8) is 0 Å². The van der Waals surface area contributed by atoms with Gasteiger partial charge < -0.3 is 21.3 Å². The van der Waals surface area contributed by atoms with E-state index >= 15 is 0 Å². The van der Waals surface area contributed by atoms with E-state index in [0.29, 0.717) is 28.2 Å². The van der Waals surface area contributed by atoms with Gasteiger partial charge in [0.1, 0.15) is 11.4 Å². The number of benzene rings is 3. The molecule has 0 bridgehead atoms. The Morgan fingerprint density at radius 3 is 2.17 bits per heavy atom. The molecule has 2 amide bonds. The maximum atomic E-state index is 13.2. The molecule has 40 heavy (non-hydrogen) atoms. The number of rotatable bonds is 8. The highest BCUT2D eigenvalue weighted by molar-refractivity contribution is 6.08. The third-order valence-electron chi connectivity index (χ3n) is 6.16. The van der Waals surface area contributed by atoms with Gasteiger partial charge in [0.25, 0.3) is 17.5 Å². The first-order chi connectivity index (χ1) is 19.0. The summed E-state index contributed by atoms with van der Waals surface area (Å²) in [6, 6.07) is 15.6. The highest BCUT2D eigenvalue weighted by Gasteiger charge is 2.17. The van der Waals surface area contributed by atoms with E-state index in [1.54, 1.807) is 44.3 Å². The quantitative estimate of drug-likeness (QED) is 0.159. The fourth-order valence-electron chi connectivity index (χ4n) is 4.14.